The lowest BCUT2D eigenvalue weighted by Gasteiger charge is -2.23. The van der Waals surface area contributed by atoms with Crippen LogP contribution < -0.4 is 0 Å². The third-order valence-corrected chi connectivity index (χ3v) is 2.42. The first-order valence-corrected chi connectivity index (χ1v) is 6.41. The molecular formula is C12H18N2O9. The molecule has 0 heterocycles. The van der Waals surface area contributed by atoms with Crippen molar-refractivity contribution in [3.05, 3.63) is 0 Å². The van der Waals surface area contributed by atoms with Crippen molar-refractivity contribution in [1.82, 2.24) is 9.80 Å². The molecule has 11 heteroatoms. The molecule has 0 spiro atoms. The number of nitrogens with zero attached hydrogens (tertiary/aromatic N) is 2. The minimum atomic E-state index is -1.25. The minimum Gasteiger partial charge on any atom is -0.480 e. The van der Waals surface area contributed by atoms with E-state index in [-0.39, 0.29) is 13.1 Å². The summed E-state index contributed by atoms with van der Waals surface area (Å²) in [5.41, 5.74) is 0. The van der Waals surface area contributed by atoms with Gasteiger partial charge in [0, 0.05) is 20.0 Å². The fourth-order valence-electron chi connectivity index (χ4n) is 1.66. The molecule has 0 aliphatic heterocycles. The van der Waals surface area contributed by atoms with Gasteiger partial charge < -0.3 is 20.1 Å². The van der Waals surface area contributed by atoms with Gasteiger partial charge in [0.25, 0.3) is 0 Å². The van der Waals surface area contributed by atoms with Crippen LogP contribution in [-0.4, -0.2) is 94.2 Å². The lowest BCUT2D eigenvalue weighted by molar-refractivity contribution is -0.159. The van der Waals surface area contributed by atoms with Gasteiger partial charge in [-0.1, -0.05) is 0 Å². The molecule has 0 rings (SSSR count). The topological polar surface area (TPSA) is 162 Å². The molecule has 130 valence electrons. The molecule has 0 atom stereocenters. The number of aliphatic carboxylic acids is 3. The summed E-state index contributed by atoms with van der Waals surface area (Å²) in [5.74, 6) is -5.53. The van der Waals surface area contributed by atoms with Crippen molar-refractivity contribution in [2.45, 2.75) is 6.92 Å². The van der Waals surface area contributed by atoms with Gasteiger partial charge in [-0.3, -0.25) is 33.8 Å². The van der Waals surface area contributed by atoms with E-state index in [0.717, 1.165) is 16.7 Å². The van der Waals surface area contributed by atoms with Gasteiger partial charge in [0.05, 0.1) is 26.2 Å². The highest BCUT2D eigenvalue weighted by Crippen LogP contribution is 1.95. The lowest BCUT2D eigenvalue weighted by atomic mass is 10.4. The van der Waals surface area contributed by atoms with E-state index in [4.69, 9.17) is 15.3 Å². The van der Waals surface area contributed by atoms with Gasteiger partial charge in [-0.2, -0.15) is 0 Å². The van der Waals surface area contributed by atoms with Crippen LogP contribution in [0.1, 0.15) is 6.92 Å². The summed E-state index contributed by atoms with van der Waals surface area (Å²) >= 11 is 0. The quantitative estimate of drug-likeness (QED) is 0.281. The Bertz CT molecular complexity index is 461. The van der Waals surface area contributed by atoms with Crippen molar-refractivity contribution < 1.29 is 44.0 Å². The third-order valence-electron chi connectivity index (χ3n) is 2.42. The molecule has 0 saturated carbocycles. The van der Waals surface area contributed by atoms with Gasteiger partial charge in [0.1, 0.15) is 0 Å². The fourth-order valence-corrected chi connectivity index (χ4v) is 1.66. The molecule has 0 fully saturated rings. The number of carboxylic acids is 3. The van der Waals surface area contributed by atoms with Crippen LogP contribution in [-0.2, 0) is 28.7 Å². The predicted octanol–water partition coefficient (Wildman–Crippen LogP) is -2.07. The number of carboxylic acid groups (broad SMARTS) is 3. The Balaban J connectivity index is 4.68. The Morgan fingerprint density at radius 1 is 0.739 bits per heavy atom. The number of hydrogen-bond donors (Lipinski definition) is 3. The zero-order valence-electron chi connectivity index (χ0n) is 12.4. The largest absolute Gasteiger partial charge is 0.480 e. The highest BCUT2D eigenvalue weighted by Gasteiger charge is 2.19. The van der Waals surface area contributed by atoms with Crippen LogP contribution in [0.25, 0.3) is 0 Å². The first kappa shape index (κ1) is 20.5. The Kier molecular flexibility index (Phi) is 9.11. The highest BCUT2D eigenvalue weighted by molar-refractivity contribution is 5.85. The lowest BCUT2D eigenvalue weighted by Crippen LogP contribution is -2.43. The van der Waals surface area contributed by atoms with Gasteiger partial charge in [0.15, 0.2) is 0 Å². The second kappa shape index (κ2) is 10.2. The van der Waals surface area contributed by atoms with Crippen LogP contribution in [0.2, 0.25) is 0 Å². The molecule has 0 radical (unpaired) electrons. The highest BCUT2D eigenvalue weighted by atomic mass is 16.6. The number of carbonyl (C=O) groups excluding carboxylic acids is 2. The molecule has 0 aliphatic rings. The molecule has 0 bridgehead atoms. The molecule has 0 unspecified atom stereocenters. The summed E-state index contributed by atoms with van der Waals surface area (Å²) in [7, 11) is 0. The number of esters is 2. The maximum absolute atomic E-state index is 11.4. The van der Waals surface area contributed by atoms with E-state index in [9.17, 15) is 24.0 Å². The van der Waals surface area contributed by atoms with Crippen LogP contribution >= 0.6 is 0 Å². The molecule has 0 aromatic rings. The number of hydrogen-bond acceptors (Lipinski definition) is 8. The van der Waals surface area contributed by atoms with Crippen molar-refractivity contribution in [3.8, 4) is 0 Å². The van der Waals surface area contributed by atoms with Gasteiger partial charge >= 0.3 is 29.8 Å². The first-order chi connectivity index (χ1) is 10.6. The summed E-state index contributed by atoms with van der Waals surface area (Å²) in [6, 6.07) is 0. The smallest absolute Gasteiger partial charge is 0.327 e. The van der Waals surface area contributed by atoms with Crippen LogP contribution in [0, 0.1) is 0 Å². The molecule has 0 saturated heterocycles. The van der Waals surface area contributed by atoms with E-state index in [1.165, 1.54) is 0 Å². The summed E-state index contributed by atoms with van der Waals surface area (Å²) in [4.78, 5) is 56.3. The van der Waals surface area contributed by atoms with Crippen LogP contribution in [0.15, 0.2) is 0 Å². The average molecular weight is 334 g/mol. The molecule has 0 aliphatic carbocycles. The van der Waals surface area contributed by atoms with Crippen molar-refractivity contribution >= 4 is 29.8 Å². The van der Waals surface area contributed by atoms with Gasteiger partial charge in [-0.05, 0) is 0 Å². The zero-order valence-corrected chi connectivity index (χ0v) is 12.4. The molecule has 23 heavy (non-hydrogen) atoms. The fraction of sp³-hybridized carbons (Fsp3) is 0.583. The van der Waals surface area contributed by atoms with Crippen LogP contribution in [0.3, 0.4) is 0 Å². The van der Waals surface area contributed by atoms with E-state index in [1.807, 2.05) is 0 Å². The summed E-state index contributed by atoms with van der Waals surface area (Å²) in [6.45, 7) is -1.34. The van der Waals surface area contributed by atoms with Crippen molar-refractivity contribution in [3.63, 3.8) is 0 Å². The maximum atomic E-state index is 11.4. The Morgan fingerprint density at radius 2 is 1.09 bits per heavy atom. The van der Waals surface area contributed by atoms with E-state index < -0.39 is 56.0 Å². The van der Waals surface area contributed by atoms with Crippen molar-refractivity contribution in [2.75, 3.05) is 39.3 Å². The van der Waals surface area contributed by atoms with E-state index in [2.05, 4.69) is 4.74 Å². The summed E-state index contributed by atoms with van der Waals surface area (Å²) in [5, 5.41) is 26.2. The van der Waals surface area contributed by atoms with Crippen LogP contribution in [0.4, 0.5) is 0 Å². The maximum Gasteiger partial charge on any atom is 0.327 e. The summed E-state index contributed by atoms with van der Waals surface area (Å²) in [6.07, 6.45) is 0. The molecule has 0 amide bonds. The molecular weight excluding hydrogens is 316 g/mol. The van der Waals surface area contributed by atoms with E-state index >= 15 is 0 Å². The van der Waals surface area contributed by atoms with Crippen molar-refractivity contribution in [2.24, 2.45) is 0 Å². The predicted molar refractivity (Wildman–Crippen MR) is 72.6 cm³/mol. The second-order valence-electron chi connectivity index (χ2n) is 4.57. The van der Waals surface area contributed by atoms with Crippen molar-refractivity contribution in [1.29, 1.82) is 0 Å². The Hall–Kier alpha value is -2.53. The van der Waals surface area contributed by atoms with Gasteiger partial charge in [-0.15, -0.1) is 0 Å². The normalized spacial score (nSPS) is 10.6. The second-order valence-corrected chi connectivity index (χ2v) is 4.57. The van der Waals surface area contributed by atoms with Gasteiger partial charge in [0.2, 0.25) is 0 Å². The monoisotopic (exact) mass is 334 g/mol. The third kappa shape index (κ3) is 11.8. The number of ether oxygens (including phenoxy) is 1. The summed E-state index contributed by atoms with van der Waals surface area (Å²) < 4.78 is 4.28. The van der Waals surface area contributed by atoms with E-state index in [0.29, 0.717) is 0 Å². The Labute approximate surface area is 131 Å². The minimum absolute atomic E-state index is 0.0974. The Morgan fingerprint density at radius 3 is 1.39 bits per heavy atom. The SMILES string of the molecule is CC(=O)OC(=O)CN(CCN(CC(=O)O)CC(=O)O)CC(=O)O. The number of carbonyl (C=O) groups is 5. The molecule has 3 N–H and O–H groups in total. The van der Waals surface area contributed by atoms with E-state index in [1.54, 1.807) is 0 Å². The van der Waals surface area contributed by atoms with Gasteiger partial charge in [-0.25, -0.2) is 0 Å². The standard InChI is InChI=1S/C12H18N2O9/c1-8(15)23-12(22)7-14(6-11(20)21)3-2-13(4-9(16)17)5-10(18)19/h2-7H2,1H3,(H,16,17)(H,18,19)(H,20,21). The molecule has 11 nitrogen and oxygen atoms in total. The average Bonchev–Trinajstić information content (AvgIpc) is 2.32. The molecule has 0 aromatic carbocycles. The first-order valence-electron chi connectivity index (χ1n) is 6.41. The zero-order chi connectivity index (χ0) is 18.0. The number of rotatable bonds is 11. The van der Waals surface area contributed by atoms with Crippen LogP contribution in [0.5, 0.6) is 0 Å². The molecule has 0 aromatic heterocycles.